The normalized spacial score (nSPS) is 13.7. The molecule has 0 nitrogen and oxygen atoms in total. The number of unbranched alkanes of at least 4 members (excludes halogenated alkanes) is 3. The molecule has 0 aliphatic heterocycles. The fourth-order valence-corrected chi connectivity index (χ4v) is 1.65. The third-order valence-electron chi connectivity index (χ3n) is 2.69. The van der Waals surface area contributed by atoms with Gasteiger partial charge in [0.05, 0.1) is 0 Å². The summed E-state index contributed by atoms with van der Waals surface area (Å²) in [5, 5.41) is 0. The molecular formula is C19H32. The van der Waals surface area contributed by atoms with Crippen molar-refractivity contribution in [1.82, 2.24) is 0 Å². The molecule has 0 aromatic heterocycles. The summed E-state index contributed by atoms with van der Waals surface area (Å²) >= 11 is 0. The molecule has 0 radical (unpaired) electrons. The lowest BCUT2D eigenvalue weighted by Gasteiger charge is -2.10. The lowest BCUT2D eigenvalue weighted by molar-refractivity contribution is 0.542. The Balaban J connectivity index is 3.42. The molecule has 0 heterocycles. The van der Waals surface area contributed by atoms with E-state index in [2.05, 4.69) is 76.3 Å². The molecule has 0 aromatic rings. The molecule has 0 aromatic carbocycles. The van der Waals surface area contributed by atoms with E-state index in [9.17, 15) is 0 Å². The van der Waals surface area contributed by atoms with Crippen LogP contribution in [0, 0.1) is 5.41 Å². The summed E-state index contributed by atoms with van der Waals surface area (Å²) in [6, 6.07) is 0. The van der Waals surface area contributed by atoms with Crippen molar-refractivity contribution in [3.05, 3.63) is 48.6 Å². The molecule has 0 heteroatoms. The van der Waals surface area contributed by atoms with Crippen molar-refractivity contribution in [1.29, 1.82) is 0 Å². The van der Waals surface area contributed by atoms with Gasteiger partial charge in [0.15, 0.2) is 0 Å². The van der Waals surface area contributed by atoms with E-state index in [-0.39, 0.29) is 0 Å². The van der Waals surface area contributed by atoms with E-state index in [1.54, 1.807) is 0 Å². The average Bonchev–Trinajstić information content (AvgIpc) is 2.34. The molecule has 0 fully saturated rings. The number of allylic oxidation sites excluding steroid dienone is 8. The van der Waals surface area contributed by atoms with Gasteiger partial charge in [-0.1, -0.05) is 69.4 Å². The molecule has 0 unspecified atom stereocenters. The summed E-state index contributed by atoms with van der Waals surface area (Å²) in [5.41, 5.74) is 0.321. The van der Waals surface area contributed by atoms with Gasteiger partial charge in [0.1, 0.15) is 0 Å². The van der Waals surface area contributed by atoms with Crippen molar-refractivity contribution < 1.29 is 0 Å². The van der Waals surface area contributed by atoms with Gasteiger partial charge < -0.3 is 0 Å². The maximum atomic E-state index is 2.31. The Hall–Kier alpha value is -1.04. The summed E-state index contributed by atoms with van der Waals surface area (Å²) in [4.78, 5) is 0. The van der Waals surface area contributed by atoms with E-state index in [1.807, 2.05) is 0 Å². The summed E-state index contributed by atoms with van der Waals surface area (Å²) in [6.45, 7) is 8.79. The topological polar surface area (TPSA) is 0 Å². The number of hydrogen-bond acceptors (Lipinski definition) is 0. The summed E-state index contributed by atoms with van der Waals surface area (Å²) in [6.07, 6.45) is 25.1. The Morgan fingerprint density at radius 1 is 0.579 bits per heavy atom. The van der Waals surface area contributed by atoms with Crippen LogP contribution in [0.25, 0.3) is 0 Å². The van der Waals surface area contributed by atoms with Crippen molar-refractivity contribution >= 4 is 0 Å². The van der Waals surface area contributed by atoms with Crippen LogP contribution in [-0.4, -0.2) is 0 Å². The maximum absolute atomic E-state index is 2.31. The molecular weight excluding hydrogens is 228 g/mol. The summed E-state index contributed by atoms with van der Waals surface area (Å²) in [7, 11) is 0. The zero-order chi connectivity index (χ0) is 14.4. The summed E-state index contributed by atoms with van der Waals surface area (Å²) < 4.78 is 0. The van der Waals surface area contributed by atoms with E-state index >= 15 is 0 Å². The average molecular weight is 260 g/mol. The molecule has 0 N–H and O–H groups in total. The van der Waals surface area contributed by atoms with Crippen LogP contribution in [0.4, 0.5) is 0 Å². The zero-order valence-corrected chi connectivity index (χ0v) is 13.4. The van der Waals surface area contributed by atoms with Gasteiger partial charge in [-0.3, -0.25) is 0 Å². The third-order valence-corrected chi connectivity index (χ3v) is 2.69. The van der Waals surface area contributed by atoms with Gasteiger partial charge in [-0.05, 0) is 50.9 Å². The Kier molecular flexibility index (Phi) is 11.4. The monoisotopic (exact) mass is 260 g/mol. The van der Waals surface area contributed by atoms with E-state index in [0.29, 0.717) is 5.41 Å². The molecule has 108 valence electrons. The molecule has 0 aliphatic carbocycles. The van der Waals surface area contributed by atoms with Crippen molar-refractivity contribution in [2.24, 2.45) is 5.41 Å². The molecule has 0 bridgehead atoms. The maximum Gasteiger partial charge on any atom is -0.0203 e. The minimum atomic E-state index is 0.321. The second-order valence-electron chi connectivity index (χ2n) is 6.01. The summed E-state index contributed by atoms with van der Waals surface area (Å²) in [5.74, 6) is 0. The fourth-order valence-electron chi connectivity index (χ4n) is 1.65. The molecule has 0 spiro atoms. The van der Waals surface area contributed by atoms with E-state index < -0.39 is 0 Å². The van der Waals surface area contributed by atoms with Gasteiger partial charge in [-0.2, -0.15) is 0 Å². The zero-order valence-electron chi connectivity index (χ0n) is 13.4. The second kappa shape index (κ2) is 12.0. The smallest absolute Gasteiger partial charge is 0.0203 e. The van der Waals surface area contributed by atoms with Crippen molar-refractivity contribution in [3.63, 3.8) is 0 Å². The number of rotatable bonds is 9. The van der Waals surface area contributed by atoms with Gasteiger partial charge in [0, 0.05) is 0 Å². The molecule has 0 amide bonds. The first-order valence-electron chi connectivity index (χ1n) is 7.65. The van der Waals surface area contributed by atoms with Gasteiger partial charge in [-0.25, -0.2) is 0 Å². The van der Waals surface area contributed by atoms with Gasteiger partial charge in [0.25, 0.3) is 0 Å². The van der Waals surface area contributed by atoms with Crippen molar-refractivity contribution in [3.8, 4) is 0 Å². The fraction of sp³-hybridized carbons (Fsp3) is 0.579. The van der Waals surface area contributed by atoms with Gasteiger partial charge >= 0.3 is 0 Å². The lowest BCUT2D eigenvalue weighted by atomic mass is 9.96. The van der Waals surface area contributed by atoms with Crippen LogP contribution in [0.1, 0.15) is 66.2 Å². The predicted octanol–water partition coefficient (Wildman–Crippen LogP) is 6.62. The molecule has 0 saturated carbocycles. The van der Waals surface area contributed by atoms with Gasteiger partial charge in [-0.15, -0.1) is 0 Å². The van der Waals surface area contributed by atoms with Crippen LogP contribution in [0.5, 0.6) is 0 Å². The van der Waals surface area contributed by atoms with E-state index in [0.717, 1.165) is 12.8 Å². The van der Waals surface area contributed by atoms with Crippen LogP contribution in [0.2, 0.25) is 0 Å². The Bertz CT molecular complexity index is 294. The Labute approximate surface area is 121 Å². The standard InChI is InChI=1S/C19H32/c1-5-6-7-8-9-10-11-12-13-14-15-16-17-18-19(2,3)4/h5-6,9-10,13-14,17-18H,7-8,11-12,15-16H2,1-4H3. The first kappa shape index (κ1) is 18.0. The van der Waals surface area contributed by atoms with Crippen LogP contribution in [0.3, 0.4) is 0 Å². The van der Waals surface area contributed by atoms with Crippen LogP contribution in [0.15, 0.2) is 48.6 Å². The Morgan fingerprint density at radius 3 is 1.32 bits per heavy atom. The largest absolute Gasteiger partial charge is 0.0917 e. The van der Waals surface area contributed by atoms with E-state index in [1.165, 1.54) is 25.7 Å². The highest BCUT2D eigenvalue weighted by molar-refractivity contribution is 4.95. The van der Waals surface area contributed by atoms with Crippen LogP contribution >= 0.6 is 0 Å². The third kappa shape index (κ3) is 17.0. The highest BCUT2D eigenvalue weighted by atomic mass is 14.1. The second-order valence-corrected chi connectivity index (χ2v) is 6.01. The minimum absolute atomic E-state index is 0.321. The quantitative estimate of drug-likeness (QED) is 0.323. The molecule has 0 atom stereocenters. The van der Waals surface area contributed by atoms with Crippen LogP contribution in [-0.2, 0) is 0 Å². The van der Waals surface area contributed by atoms with Gasteiger partial charge in [0.2, 0.25) is 0 Å². The predicted molar refractivity (Wildman–Crippen MR) is 89.4 cm³/mol. The SMILES string of the molecule is CC=CCCC=CCCC=CCCC=CC(C)(C)C. The highest BCUT2D eigenvalue weighted by Gasteiger charge is 2.01. The lowest BCUT2D eigenvalue weighted by Crippen LogP contribution is -1.97. The van der Waals surface area contributed by atoms with E-state index in [4.69, 9.17) is 0 Å². The first-order valence-corrected chi connectivity index (χ1v) is 7.65. The highest BCUT2D eigenvalue weighted by Crippen LogP contribution is 2.15. The van der Waals surface area contributed by atoms with Crippen molar-refractivity contribution in [2.75, 3.05) is 0 Å². The first-order chi connectivity index (χ1) is 9.06. The number of hydrogen-bond donors (Lipinski definition) is 0. The van der Waals surface area contributed by atoms with Crippen LogP contribution < -0.4 is 0 Å². The minimum Gasteiger partial charge on any atom is -0.0917 e. The molecule has 19 heavy (non-hydrogen) atoms. The Morgan fingerprint density at radius 2 is 0.947 bits per heavy atom. The molecule has 0 rings (SSSR count). The van der Waals surface area contributed by atoms with Crippen molar-refractivity contribution in [2.45, 2.75) is 66.2 Å². The molecule has 0 aliphatic rings. The molecule has 0 saturated heterocycles.